The monoisotopic (exact) mass is 362 g/mol. The van der Waals surface area contributed by atoms with Crippen molar-refractivity contribution in [3.05, 3.63) is 51.8 Å². The van der Waals surface area contributed by atoms with Crippen LogP contribution in [0.1, 0.15) is 33.4 Å². The fraction of sp³-hybridized carbons (Fsp3) is 0.412. The van der Waals surface area contributed by atoms with Gasteiger partial charge in [-0.15, -0.1) is 0 Å². The average molecular weight is 363 g/mol. The lowest BCUT2D eigenvalue weighted by atomic mass is 10.0. The van der Waals surface area contributed by atoms with Gasteiger partial charge in [0, 0.05) is 53.8 Å². The Hall–Kier alpha value is -1.50. The third-order valence-electron chi connectivity index (χ3n) is 4.65. The number of amides is 1. The number of H-pyrrole nitrogens is 1. The molecule has 0 spiro atoms. The van der Waals surface area contributed by atoms with Gasteiger partial charge in [0.2, 0.25) is 0 Å². The molecule has 1 atom stereocenters. The van der Waals surface area contributed by atoms with Gasteiger partial charge in [0.1, 0.15) is 0 Å². The average Bonchev–Trinajstić information content (AvgIpc) is 3.06. The second kappa shape index (κ2) is 6.78. The number of aromatic nitrogens is 2. The highest BCUT2D eigenvalue weighted by Gasteiger charge is 2.32. The van der Waals surface area contributed by atoms with Crippen molar-refractivity contribution in [2.75, 3.05) is 24.6 Å². The Balaban J connectivity index is 1.64. The summed E-state index contributed by atoms with van der Waals surface area (Å²) in [6, 6.07) is 7.87. The molecule has 2 aromatic rings. The molecule has 2 N–H and O–H groups in total. The molecule has 1 aromatic heterocycles. The molecule has 1 fully saturated rings. The van der Waals surface area contributed by atoms with Gasteiger partial charge in [-0.25, -0.2) is 0 Å². The molecule has 0 bridgehead atoms. The molecule has 0 saturated carbocycles. The summed E-state index contributed by atoms with van der Waals surface area (Å²) in [7, 11) is 0. The Kier molecular flexibility index (Phi) is 4.52. The minimum Gasteiger partial charge on any atom is -0.329 e. The van der Waals surface area contributed by atoms with Gasteiger partial charge in [-0.2, -0.15) is 16.9 Å². The molecule has 1 unspecified atom stereocenters. The first-order valence-electron chi connectivity index (χ1n) is 8.15. The number of benzene rings is 1. The van der Waals surface area contributed by atoms with E-state index in [0.717, 1.165) is 47.8 Å². The van der Waals surface area contributed by atoms with E-state index in [4.69, 9.17) is 11.6 Å². The van der Waals surface area contributed by atoms with E-state index in [1.807, 2.05) is 40.9 Å². The van der Waals surface area contributed by atoms with Crippen LogP contribution in [-0.2, 0) is 13.0 Å². The Morgan fingerprint density at radius 1 is 1.33 bits per heavy atom. The zero-order valence-electron chi connectivity index (χ0n) is 13.2. The zero-order valence-corrected chi connectivity index (χ0v) is 14.8. The van der Waals surface area contributed by atoms with Gasteiger partial charge in [0.05, 0.1) is 6.04 Å². The molecular weight excluding hydrogens is 344 g/mol. The summed E-state index contributed by atoms with van der Waals surface area (Å²) >= 11 is 7.89. The van der Waals surface area contributed by atoms with Crippen LogP contribution in [0.25, 0.3) is 0 Å². The van der Waals surface area contributed by atoms with Gasteiger partial charge < -0.3 is 10.2 Å². The van der Waals surface area contributed by atoms with Crippen LogP contribution in [0.4, 0.5) is 0 Å². The molecule has 2 aliphatic rings. The third-order valence-corrected chi connectivity index (χ3v) is 5.93. The first-order chi connectivity index (χ1) is 11.7. The summed E-state index contributed by atoms with van der Waals surface area (Å²) in [5.41, 5.74) is 3.82. The molecule has 126 valence electrons. The van der Waals surface area contributed by atoms with Crippen LogP contribution in [0, 0.1) is 0 Å². The first-order valence-corrected chi connectivity index (χ1v) is 9.68. The van der Waals surface area contributed by atoms with Crippen molar-refractivity contribution in [3.8, 4) is 0 Å². The van der Waals surface area contributed by atoms with E-state index in [-0.39, 0.29) is 11.9 Å². The summed E-state index contributed by atoms with van der Waals surface area (Å²) in [6.07, 6.45) is 0.895. The van der Waals surface area contributed by atoms with Gasteiger partial charge in [-0.1, -0.05) is 23.7 Å². The molecule has 0 radical (unpaired) electrons. The number of carbonyl (C=O) groups excluding carboxylic acids is 1. The predicted molar refractivity (Wildman–Crippen MR) is 96.6 cm³/mol. The number of hydrogen-bond donors (Lipinski definition) is 2. The number of nitrogens with zero attached hydrogens (tertiary/aromatic N) is 2. The van der Waals surface area contributed by atoms with E-state index in [2.05, 4.69) is 15.5 Å². The normalized spacial score (nSPS) is 20.7. The maximum absolute atomic E-state index is 13.2. The van der Waals surface area contributed by atoms with Gasteiger partial charge in [-0.3, -0.25) is 9.89 Å². The third kappa shape index (κ3) is 2.94. The van der Waals surface area contributed by atoms with Crippen molar-refractivity contribution in [1.29, 1.82) is 0 Å². The Morgan fingerprint density at radius 3 is 3.00 bits per heavy atom. The second-order valence-corrected chi connectivity index (χ2v) is 7.68. The van der Waals surface area contributed by atoms with Crippen molar-refractivity contribution in [2.24, 2.45) is 0 Å². The lowest BCUT2D eigenvalue weighted by Crippen LogP contribution is -2.41. The highest BCUT2D eigenvalue weighted by molar-refractivity contribution is 7.99. The lowest BCUT2D eigenvalue weighted by Gasteiger charge is -2.35. The fourth-order valence-electron chi connectivity index (χ4n) is 3.35. The lowest BCUT2D eigenvalue weighted by molar-refractivity contribution is 0.0694. The summed E-state index contributed by atoms with van der Waals surface area (Å²) in [6.45, 7) is 2.38. The fourth-order valence-corrected chi connectivity index (χ4v) is 4.56. The summed E-state index contributed by atoms with van der Waals surface area (Å²) in [4.78, 5) is 15.1. The van der Waals surface area contributed by atoms with Crippen molar-refractivity contribution in [2.45, 2.75) is 19.0 Å². The first kappa shape index (κ1) is 16.0. The van der Waals surface area contributed by atoms with Crippen LogP contribution in [0.15, 0.2) is 24.3 Å². The minimum absolute atomic E-state index is 0.0245. The van der Waals surface area contributed by atoms with Gasteiger partial charge >= 0.3 is 0 Å². The SMILES string of the molecule is O=C(c1n[nH]c2c1CNCC2)N1CCSCC1c1ccc(Cl)cc1. The Labute approximate surface area is 150 Å². The summed E-state index contributed by atoms with van der Waals surface area (Å²) in [5.74, 6) is 1.88. The van der Waals surface area contributed by atoms with Gasteiger partial charge in [0.15, 0.2) is 5.69 Å². The Morgan fingerprint density at radius 2 is 2.17 bits per heavy atom. The standard InChI is InChI=1S/C17H19ClN4OS/c18-12-3-1-11(2-4-12)15-10-24-8-7-22(15)17(23)16-13-9-19-6-5-14(13)20-21-16/h1-4,15,19H,5-10H2,(H,20,21). The van der Waals surface area contributed by atoms with Gasteiger partial charge in [-0.05, 0) is 17.7 Å². The zero-order chi connectivity index (χ0) is 16.5. The van der Waals surface area contributed by atoms with Crippen molar-refractivity contribution in [1.82, 2.24) is 20.4 Å². The number of thioether (sulfide) groups is 1. The van der Waals surface area contributed by atoms with Crippen molar-refractivity contribution in [3.63, 3.8) is 0 Å². The Bertz CT molecular complexity index is 746. The largest absolute Gasteiger partial charge is 0.329 e. The molecule has 1 amide bonds. The molecule has 1 saturated heterocycles. The number of aromatic amines is 1. The summed E-state index contributed by atoms with van der Waals surface area (Å²) in [5, 5.41) is 11.4. The van der Waals surface area contributed by atoms with Crippen LogP contribution < -0.4 is 5.32 Å². The molecule has 24 heavy (non-hydrogen) atoms. The molecule has 0 aliphatic carbocycles. The van der Waals surface area contributed by atoms with E-state index in [1.165, 1.54) is 0 Å². The van der Waals surface area contributed by atoms with Crippen molar-refractivity contribution >= 4 is 29.3 Å². The predicted octanol–water partition coefficient (Wildman–Crippen LogP) is 2.64. The number of rotatable bonds is 2. The van der Waals surface area contributed by atoms with Gasteiger partial charge in [0.25, 0.3) is 5.91 Å². The van der Waals surface area contributed by atoms with Crippen LogP contribution in [0.5, 0.6) is 0 Å². The van der Waals surface area contributed by atoms with E-state index in [9.17, 15) is 4.79 Å². The van der Waals surface area contributed by atoms with E-state index >= 15 is 0 Å². The van der Waals surface area contributed by atoms with Crippen LogP contribution >= 0.6 is 23.4 Å². The number of fused-ring (bicyclic) bond motifs is 1. The maximum atomic E-state index is 13.2. The van der Waals surface area contributed by atoms with E-state index in [0.29, 0.717) is 17.3 Å². The number of halogens is 1. The van der Waals surface area contributed by atoms with Crippen LogP contribution in [0.2, 0.25) is 5.02 Å². The maximum Gasteiger partial charge on any atom is 0.275 e. The quantitative estimate of drug-likeness (QED) is 0.862. The highest BCUT2D eigenvalue weighted by atomic mass is 35.5. The molecule has 2 aliphatic heterocycles. The minimum atomic E-state index is 0.0245. The number of nitrogens with one attached hydrogen (secondary N) is 2. The van der Waals surface area contributed by atoms with E-state index < -0.39 is 0 Å². The molecule has 1 aromatic carbocycles. The van der Waals surface area contributed by atoms with Crippen molar-refractivity contribution < 1.29 is 4.79 Å². The second-order valence-electron chi connectivity index (χ2n) is 6.10. The van der Waals surface area contributed by atoms with Crippen LogP contribution in [0.3, 0.4) is 0 Å². The number of hydrogen-bond acceptors (Lipinski definition) is 4. The molecular formula is C17H19ClN4OS. The molecule has 4 rings (SSSR count). The smallest absolute Gasteiger partial charge is 0.275 e. The van der Waals surface area contributed by atoms with E-state index in [1.54, 1.807) is 0 Å². The summed E-state index contributed by atoms with van der Waals surface area (Å²) < 4.78 is 0. The van der Waals surface area contributed by atoms with Crippen LogP contribution in [-0.4, -0.2) is 45.6 Å². The topological polar surface area (TPSA) is 61.0 Å². The highest BCUT2D eigenvalue weighted by Crippen LogP contribution is 2.32. The molecule has 7 heteroatoms. The molecule has 5 nitrogen and oxygen atoms in total. The number of carbonyl (C=O) groups is 1. The molecule has 3 heterocycles.